The zero-order valence-corrected chi connectivity index (χ0v) is 15.0. The van der Waals surface area contributed by atoms with Gasteiger partial charge in [-0.2, -0.15) is 0 Å². The van der Waals surface area contributed by atoms with Crippen LogP contribution in [0.3, 0.4) is 0 Å². The van der Waals surface area contributed by atoms with Gasteiger partial charge in [0.15, 0.2) is 0 Å². The van der Waals surface area contributed by atoms with Crippen molar-refractivity contribution < 1.29 is 0 Å². The first-order chi connectivity index (χ1) is 10.6. The first kappa shape index (κ1) is 16.7. The average Bonchev–Trinajstić information content (AvgIpc) is 2.53. The van der Waals surface area contributed by atoms with Crippen LogP contribution in [-0.2, 0) is 0 Å². The standard InChI is InChI=1S/C21H25P/c1-16-11-12-21-19(15-16)10-8-6-5-7-9-17(2)18(3)20(21)13-14-22-4/h5-13,15,22H,14H2,1-4H3/b6-5+,9-7-,10-8-,18-17+,20-13?. The molecule has 1 atom stereocenters. The van der Waals surface area contributed by atoms with E-state index in [9.17, 15) is 0 Å². The van der Waals surface area contributed by atoms with Crippen molar-refractivity contribution in [3.8, 4) is 0 Å². The highest BCUT2D eigenvalue weighted by Crippen LogP contribution is 2.31. The second-order valence-electron chi connectivity index (χ2n) is 5.68. The van der Waals surface area contributed by atoms with Crippen LogP contribution < -0.4 is 0 Å². The number of rotatable bonds is 2. The molecular weight excluding hydrogens is 283 g/mol. The number of benzene rings is 1. The van der Waals surface area contributed by atoms with E-state index in [1.54, 1.807) is 0 Å². The van der Waals surface area contributed by atoms with Crippen LogP contribution in [0.1, 0.15) is 30.5 Å². The van der Waals surface area contributed by atoms with Crippen molar-refractivity contribution in [3.63, 3.8) is 0 Å². The molecule has 0 amide bonds. The summed E-state index contributed by atoms with van der Waals surface area (Å²) in [7, 11) is 0.943. The highest BCUT2D eigenvalue weighted by atomic mass is 31.1. The van der Waals surface area contributed by atoms with Gasteiger partial charge in [0.1, 0.15) is 0 Å². The van der Waals surface area contributed by atoms with E-state index in [0.29, 0.717) is 0 Å². The lowest BCUT2D eigenvalue weighted by molar-refractivity contribution is 1.35. The van der Waals surface area contributed by atoms with Crippen molar-refractivity contribution in [3.05, 3.63) is 82.5 Å². The average molecular weight is 308 g/mol. The molecule has 2 rings (SSSR count). The number of aryl methyl sites for hydroxylation is 1. The molecule has 0 spiro atoms. The van der Waals surface area contributed by atoms with Crippen LogP contribution in [0.5, 0.6) is 0 Å². The fourth-order valence-electron chi connectivity index (χ4n) is 2.56. The molecule has 0 aliphatic heterocycles. The monoisotopic (exact) mass is 308 g/mol. The predicted molar refractivity (Wildman–Crippen MR) is 104 cm³/mol. The van der Waals surface area contributed by atoms with Gasteiger partial charge in [0.05, 0.1) is 0 Å². The summed E-state index contributed by atoms with van der Waals surface area (Å²) in [6, 6.07) is 6.75. The Labute approximate surface area is 136 Å². The van der Waals surface area contributed by atoms with Gasteiger partial charge in [-0.25, -0.2) is 0 Å². The Morgan fingerprint density at radius 1 is 0.955 bits per heavy atom. The lowest BCUT2D eigenvalue weighted by atomic mass is 9.90. The molecule has 0 radical (unpaired) electrons. The minimum atomic E-state index is 0.943. The lowest BCUT2D eigenvalue weighted by Gasteiger charge is -2.15. The Morgan fingerprint density at radius 3 is 2.41 bits per heavy atom. The van der Waals surface area contributed by atoms with E-state index in [0.717, 1.165) is 14.7 Å². The van der Waals surface area contributed by atoms with Crippen LogP contribution in [0.25, 0.3) is 11.6 Å². The first-order valence-corrected chi connectivity index (χ1v) is 9.49. The van der Waals surface area contributed by atoms with Gasteiger partial charge in [-0.15, -0.1) is 8.58 Å². The van der Waals surface area contributed by atoms with E-state index in [2.05, 4.69) is 88.2 Å². The Hall–Kier alpha value is -1.65. The molecule has 0 heterocycles. The highest BCUT2D eigenvalue weighted by molar-refractivity contribution is 7.37. The number of fused-ring (bicyclic) bond motifs is 1. The summed E-state index contributed by atoms with van der Waals surface area (Å²) in [6.45, 7) is 8.84. The van der Waals surface area contributed by atoms with Crippen molar-refractivity contribution >= 4 is 20.2 Å². The first-order valence-electron chi connectivity index (χ1n) is 7.78. The Morgan fingerprint density at radius 2 is 1.68 bits per heavy atom. The van der Waals surface area contributed by atoms with Crippen LogP contribution in [0, 0.1) is 6.92 Å². The minimum absolute atomic E-state index is 0.943. The van der Waals surface area contributed by atoms with Gasteiger partial charge in [-0.3, -0.25) is 0 Å². The molecule has 1 unspecified atom stereocenters. The molecule has 0 nitrogen and oxygen atoms in total. The third-order valence-corrected chi connectivity index (χ3v) is 4.57. The number of hydrogen-bond acceptors (Lipinski definition) is 0. The summed E-state index contributed by atoms with van der Waals surface area (Å²) < 4.78 is 0. The van der Waals surface area contributed by atoms with Crippen LogP contribution in [0.4, 0.5) is 0 Å². The van der Waals surface area contributed by atoms with E-state index in [1.807, 2.05) is 0 Å². The molecule has 0 saturated carbocycles. The summed E-state index contributed by atoms with van der Waals surface area (Å²) in [5.74, 6) is 0. The van der Waals surface area contributed by atoms with Crippen molar-refractivity contribution in [1.82, 2.24) is 0 Å². The highest BCUT2D eigenvalue weighted by Gasteiger charge is 2.10. The molecule has 0 N–H and O–H groups in total. The van der Waals surface area contributed by atoms with E-state index in [1.165, 1.54) is 33.4 Å². The zero-order chi connectivity index (χ0) is 15.9. The molecule has 22 heavy (non-hydrogen) atoms. The maximum Gasteiger partial charge on any atom is -0.0112 e. The molecule has 0 bridgehead atoms. The minimum Gasteiger partial charge on any atom is -0.121 e. The topological polar surface area (TPSA) is 0 Å². The van der Waals surface area contributed by atoms with Crippen LogP contribution >= 0.6 is 8.58 Å². The maximum absolute atomic E-state index is 2.40. The summed E-state index contributed by atoms with van der Waals surface area (Å²) in [6.07, 6.45) is 16.4. The van der Waals surface area contributed by atoms with Crippen LogP contribution in [0.2, 0.25) is 0 Å². The van der Waals surface area contributed by atoms with Crippen molar-refractivity contribution in [2.75, 3.05) is 12.8 Å². The van der Waals surface area contributed by atoms with E-state index < -0.39 is 0 Å². The fraction of sp³-hybridized carbons (Fsp3) is 0.238. The molecule has 114 valence electrons. The predicted octanol–water partition coefficient (Wildman–Crippen LogP) is 6.16. The van der Waals surface area contributed by atoms with E-state index in [4.69, 9.17) is 0 Å². The second-order valence-corrected chi connectivity index (χ2v) is 6.79. The number of hydrogen-bond donors (Lipinski definition) is 0. The van der Waals surface area contributed by atoms with Gasteiger partial charge >= 0.3 is 0 Å². The van der Waals surface area contributed by atoms with Gasteiger partial charge in [-0.05, 0) is 61.4 Å². The lowest BCUT2D eigenvalue weighted by Crippen LogP contribution is -1.95. The fourth-order valence-corrected chi connectivity index (χ4v) is 2.97. The molecule has 1 heteroatoms. The molecule has 1 aliphatic rings. The van der Waals surface area contributed by atoms with Crippen molar-refractivity contribution in [2.24, 2.45) is 0 Å². The van der Waals surface area contributed by atoms with E-state index in [-0.39, 0.29) is 0 Å². The van der Waals surface area contributed by atoms with Crippen LogP contribution in [-0.4, -0.2) is 12.8 Å². The zero-order valence-electron chi connectivity index (χ0n) is 14.0. The quantitative estimate of drug-likeness (QED) is 0.574. The molecule has 0 aromatic heterocycles. The summed E-state index contributed by atoms with van der Waals surface area (Å²) in [4.78, 5) is 0. The van der Waals surface area contributed by atoms with Gasteiger partial charge < -0.3 is 0 Å². The maximum atomic E-state index is 2.40. The van der Waals surface area contributed by atoms with Crippen LogP contribution in [0.15, 0.2) is 65.8 Å². The molecule has 1 aromatic carbocycles. The molecule has 0 fully saturated rings. The third-order valence-electron chi connectivity index (χ3n) is 3.96. The SMILES string of the molecule is CPCC=C1/C(C)=C(C)/C=C\C=C\C=C/c2cc(C)ccc21. The second kappa shape index (κ2) is 8.11. The Kier molecular flexibility index (Phi) is 6.16. The molecular formula is C21H25P. The third kappa shape index (κ3) is 4.18. The molecule has 0 saturated heterocycles. The van der Waals surface area contributed by atoms with Crippen molar-refractivity contribution in [1.29, 1.82) is 0 Å². The molecule has 1 aromatic rings. The normalized spacial score (nSPS) is 25.0. The largest absolute Gasteiger partial charge is 0.121 e. The van der Waals surface area contributed by atoms with Gasteiger partial charge in [0.2, 0.25) is 0 Å². The van der Waals surface area contributed by atoms with Gasteiger partial charge in [-0.1, -0.05) is 66.3 Å². The van der Waals surface area contributed by atoms with E-state index >= 15 is 0 Å². The number of allylic oxidation sites excluding steroid dienone is 9. The van der Waals surface area contributed by atoms with Gasteiger partial charge in [0.25, 0.3) is 0 Å². The summed E-state index contributed by atoms with van der Waals surface area (Å²) >= 11 is 0. The summed E-state index contributed by atoms with van der Waals surface area (Å²) in [5.41, 5.74) is 7.99. The molecule has 1 aliphatic carbocycles. The Balaban J connectivity index is 2.69. The van der Waals surface area contributed by atoms with Crippen molar-refractivity contribution in [2.45, 2.75) is 20.8 Å². The summed E-state index contributed by atoms with van der Waals surface area (Å²) in [5, 5.41) is 0. The Bertz CT molecular complexity index is 682. The van der Waals surface area contributed by atoms with Gasteiger partial charge in [0, 0.05) is 0 Å². The smallest absolute Gasteiger partial charge is 0.0112 e.